The van der Waals surface area contributed by atoms with E-state index in [2.05, 4.69) is 14.7 Å². The molecule has 0 amide bonds. The van der Waals surface area contributed by atoms with Gasteiger partial charge < -0.3 is 14.2 Å². The van der Waals surface area contributed by atoms with E-state index in [0.717, 1.165) is 5.56 Å². The topological polar surface area (TPSA) is 70.5 Å². The summed E-state index contributed by atoms with van der Waals surface area (Å²) in [6, 6.07) is 11.7. The molecule has 0 atom stereocenters. The van der Waals surface area contributed by atoms with Crippen molar-refractivity contribution in [3.63, 3.8) is 0 Å². The summed E-state index contributed by atoms with van der Waals surface area (Å²) >= 11 is 6.24. The number of ether oxygens (including phenoxy) is 3. The lowest BCUT2D eigenvalue weighted by Gasteiger charge is -2.10. The van der Waals surface area contributed by atoms with Gasteiger partial charge in [0, 0.05) is 12.0 Å². The predicted octanol–water partition coefficient (Wildman–Crippen LogP) is 5.80. The number of carbonyl (C=O) groups excluding carboxylic acids is 1. The minimum absolute atomic E-state index is 0.0649. The van der Waals surface area contributed by atoms with Gasteiger partial charge in [-0.2, -0.15) is 0 Å². The Hall–Kier alpha value is -3.19. The van der Waals surface area contributed by atoms with Crippen LogP contribution in [0.2, 0.25) is 5.15 Å². The smallest absolute Gasteiger partial charge is 0.305 e. The van der Waals surface area contributed by atoms with Crippen molar-refractivity contribution in [2.45, 2.75) is 38.7 Å². The molecule has 3 aromatic rings. The van der Waals surface area contributed by atoms with Gasteiger partial charge in [-0.05, 0) is 42.3 Å². The molecule has 0 radical (unpaired) electrons. The van der Waals surface area contributed by atoms with Gasteiger partial charge in [0.05, 0.1) is 26.1 Å². The molecule has 4 rings (SSSR count). The maximum Gasteiger partial charge on any atom is 0.305 e. The number of hydrogen-bond donors (Lipinski definition) is 0. The molecule has 8 heteroatoms. The molecule has 0 aliphatic heterocycles. The van der Waals surface area contributed by atoms with E-state index in [1.807, 2.05) is 18.2 Å². The predicted molar refractivity (Wildman–Crippen MR) is 124 cm³/mol. The van der Waals surface area contributed by atoms with Crippen LogP contribution in [0.5, 0.6) is 11.5 Å². The third-order valence-corrected chi connectivity index (χ3v) is 4.96. The van der Waals surface area contributed by atoms with Gasteiger partial charge in [-0.1, -0.05) is 43.0 Å². The van der Waals surface area contributed by atoms with E-state index < -0.39 is 5.82 Å². The molecule has 1 aliphatic rings. The number of rotatable bonds is 8. The lowest BCUT2D eigenvalue weighted by molar-refractivity contribution is -0.140. The second-order valence-electron chi connectivity index (χ2n) is 7.42. The SMILES string of the molecule is C1CC1.COC(=O)CCc1cccc(OCc2cnc(-c3cc(OC)ccc3F)c(Cl)n2)c1. The lowest BCUT2D eigenvalue weighted by atomic mass is 10.1. The van der Waals surface area contributed by atoms with Crippen molar-refractivity contribution in [1.29, 1.82) is 0 Å². The molecule has 1 heterocycles. The first-order chi connectivity index (χ1) is 16.0. The lowest BCUT2D eigenvalue weighted by Crippen LogP contribution is -2.03. The molecule has 1 aromatic heterocycles. The molecule has 1 saturated carbocycles. The Morgan fingerprint density at radius 2 is 1.88 bits per heavy atom. The van der Waals surface area contributed by atoms with Crippen molar-refractivity contribution in [3.05, 3.63) is 70.9 Å². The number of nitrogens with zero attached hydrogens (tertiary/aromatic N) is 2. The van der Waals surface area contributed by atoms with Crippen molar-refractivity contribution in [2.75, 3.05) is 14.2 Å². The minimum atomic E-state index is -0.472. The molecule has 1 aliphatic carbocycles. The molecule has 0 N–H and O–H groups in total. The molecule has 0 bridgehead atoms. The van der Waals surface area contributed by atoms with Crippen molar-refractivity contribution < 1.29 is 23.4 Å². The average molecular weight is 473 g/mol. The van der Waals surface area contributed by atoms with Gasteiger partial charge in [0.2, 0.25) is 0 Å². The van der Waals surface area contributed by atoms with Crippen LogP contribution in [0.4, 0.5) is 4.39 Å². The normalized spacial score (nSPS) is 11.8. The molecule has 0 spiro atoms. The molecular formula is C25H26ClFN2O4. The summed E-state index contributed by atoms with van der Waals surface area (Å²) in [7, 11) is 2.86. The van der Waals surface area contributed by atoms with Crippen molar-refractivity contribution in [3.8, 4) is 22.8 Å². The number of aryl methyl sites for hydroxylation is 1. The largest absolute Gasteiger partial charge is 0.497 e. The summed E-state index contributed by atoms with van der Waals surface area (Å²) in [6.45, 7) is 0.133. The summed E-state index contributed by atoms with van der Waals surface area (Å²) in [5, 5.41) is 0.0649. The monoisotopic (exact) mass is 472 g/mol. The molecule has 33 heavy (non-hydrogen) atoms. The van der Waals surface area contributed by atoms with E-state index >= 15 is 0 Å². The van der Waals surface area contributed by atoms with Gasteiger partial charge in [0.1, 0.15) is 29.6 Å². The Morgan fingerprint density at radius 3 is 2.55 bits per heavy atom. The van der Waals surface area contributed by atoms with E-state index in [-0.39, 0.29) is 29.0 Å². The highest BCUT2D eigenvalue weighted by molar-refractivity contribution is 6.31. The molecule has 2 aromatic carbocycles. The molecule has 0 unspecified atom stereocenters. The van der Waals surface area contributed by atoms with Crippen LogP contribution < -0.4 is 9.47 Å². The molecular weight excluding hydrogens is 447 g/mol. The molecule has 1 fully saturated rings. The van der Waals surface area contributed by atoms with Gasteiger partial charge in [0.15, 0.2) is 5.15 Å². The number of carbonyl (C=O) groups is 1. The Kier molecular flexibility index (Phi) is 9.01. The number of benzene rings is 2. The zero-order chi connectivity index (χ0) is 23.6. The second kappa shape index (κ2) is 12.2. The van der Waals surface area contributed by atoms with Crippen LogP contribution >= 0.6 is 11.6 Å². The van der Waals surface area contributed by atoms with Crippen LogP contribution in [0.1, 0.15) is 36.9 Å². The highest BCUT2D eigenvalue weighted by atomic mass is 35.5. The van der Waals surface area contributed by atoms with Crippen molar-refractivity contribution >= 4 is 17.6 Å². The van der Waals surface area contributed by atoms with Gasteiger partial charge in [-0.3, -0.25) is 9.78 Å². The van der Waals surface area contributed by atoms with Gasteiger partial charge in [0.25, 0.3) is 0 Å². The van der Waals surface area contributed by atoms with E-state index in [1.165, 1.54) is 57.9 Å². The summed E-state index contributed by atoms with van der Waals surface area (Å²) in [4.78, 5) is 19.8. The molecule has 174 valence electrons. The van der Waals surface area contributed by atoms with Crippen LogP contribution in [0, 0.1) is 5.82 Å². The molecule has 0 saturated heterocycles. The van der Waals surface area contributed by atoms with Crippen LogP contribution in [-0.2, 0) is 22.6 Å². The van der Waals surface area contributed by atoms with E-state index in [4.69, 9.17) is 21.1 Å². The first-order valence-electron chi connectivity index (χ1n) is 10.6. The highest BCUT2D eigenvalue weighted by Gasteiger charge is 2.14. The maximum atomic E-state index is 14.2. The Labute approximate surface area is 197 Å². The Bertz CT molecular complexity index is 1090. The van der Waals surface area contributed by atoms with Crippen LogP contribution in [0.25, 0.3) is 11.3 Å². The van der Waals surface area contributed by atoms with Crippen LogP contribution in [0.15, 0.2) is 48.7 Å². The number of aromatic nitrogens is 2. The first-order valence-corrected chi connectivity index (χ1v) is 11.0. The van der Waals surface area contributed by atoms with Crippen LogP contribution in [0.3, 0.4) is 0 Å². The number of hydrogen-bond acceptors (Lipinski definition) is 6. The third kappa shape index (κ3) is 7.71. The molecule has 6 nitrogen and oxygen atoms in total. The van der Waals surface area contributed by atoms with E-state index in [9.17, 15) is 9.18 Å². The van der Waals surface area contributed by atoms with Gasteiger partial charge in [-0.15, -0.1) is 0 Å². The zero-order valence-electron chi connectivity index (χ0n) is 18.6. The standard InChI is InChI=1S/C22H20ClFN2O4.C3H6/c1-28-16-7-8-19(24)18(11-16)21-22(23)26-15(12-25-21)13-30-17-5-3-4-14(10-17)6-9-20(27)29-2;1-2-3-1/h3-5,7-8,10-12H,6,9,13H2,1-2H3;1-3H2. The number of methoxy groups -OCH3 is 2. The number of esters is 1. The average Bonchev–Trinajstić information content (AvgIpc) is 3.72. The minimum Gasteiger partial charge on any atom is -0.497 e. The summed E-state index contributed by atoms with van der Waals surface area (Å²) in [5.74, 6) is 0.375. The fraction of sp³-hybridized carbons (Fsp3) is 0.320. The Morgan fingerprint density at radius 1 is 1.09 bits per heavy atom. The summed E-state index contributed by atoms with van der Waals surface area (Å²) < 4.78 is 29.7. The number of halogens is 2. The maximum absolute atomic E-state index is 14.2. The fourth-order valence-corrected chi connectivity index (χ4v) is 3.02. The van der Waals surface area contributed by atoms with Crippen LogP contribution in [-0.4, -0.2) is 30.2 Å². The fourth-order valence-electron chi connectivity index (χ4n) is 2.76. The van der Waals surface area contributed by atoms with Gasteiger partial charge >= 0.3 is 5.97 Å². The van der Waals surface area contributed by atoms with Crippen molar-refractivity contribution in [1.82, 2.24) is 9.97 Å². The van der Waals surface area contributed by atoms with E-state index in [1.54, 1.807) is 6.07 Å². The Balaban J connectivity index is 0.000000942. The zero-order valence-corrected chi connectivity index (χ0v) is 19.4. The van der Waals surface area contributed by atoms with Gasteiger partial charge in [-0.25, -0.2) is 9.37 Å². The summed E-state index contributed by atoms with van der Waals surface area (Å²) in [6.07, 6.45) is 6.83. The second-order valence-corrected chi connectivity index (χ2v) is 7.78. The third-order valence-electron chi connectivity index (χ3n) is 4.69. The quantitative estimate of drug-likeness (QED) is 0.386. The van der Waals surface area contributed by atoms with Crippen molar-refractivity contribution in [2.24, 2.45) is 0 Å². The van der Waals surface area contributed by atoms with E-state index in [0.29, 0.717) is 30.0 Å². The first kappa shape index (κ1) is 24.5. The summed E-state index contributed by atoms with van der Waals surface area (Å²) in [5.41, 5.74) is 1.87. The highest BCUT2D eigenvalue weighted by Crippen LogP contribution is 2.30.